The molecular weight excluding hydrogens is 246 g/mol. The van der Waals surface area contributed by atoms with Gasteiger partial charge in [0.05, 0.1) is 11.1 Å². The lowest BCUT2D eigenvalue weighted by molar-refractivity contribution is 0.0921. The molecule has 88 valence electrons. The van der Waals surface area contributed by atoms with Crippen molar-refractivity contribution in [3.8, 4) is 0 Å². The first-order chi connectivity index (χ1) is 7.68. The van der Waals surface area contributed by atoms with E-state index in [1.807, 2.05) is 0 Å². The van der Waals surface area contributed by atoms with Crippen molar-refractivity contribution >= 4 is 28.8 Å². The average Bonchev–Trinajstić information content (AvgIpc) is 2.84. The maximum atomic E-state index is 11.7. The molecule has 0 saturated heterocycles. The third kappa shape index (κ3) is 2.56. The van der Waals surface area contributed by atoms with Crippen LogP contribution in [0, 0.1) is 5.92 Å². The first kappa shape index (κ1) is 11.9. The molecule has 0 spiro atoms. The SMILES string of the molecule is O=C(NCC1CCCC1O)c1sccc1Cl. The predicted octanol–water partition coefficient (Wildman–Crippen LogP) is 2.29. The van der Waals surface area contributed by atoms with Gasteiger partial charge in [0.25, 0.3) is 5.91 Å². The van der Waals surface area contributed by atoms with Crippen LogP contribution in [-0.2, 0) is 0 Å². The summed E-state index contributed by atoms with van der Waals surface area (Å²) in [7, 11) is 0. The van der Waals surface area contributed by atoms with Gasteiger partial charge in [0.2, 0.25) is 0 Å². The number of amides is 1. The van der Waals surface area contributed by atoms with Gasteiger partial charge in [-0.3, -0.25) is 4.79 Å². The van der Waals surface area contributed by atoms with Crippen LogP contribution in [0.3, 0.4) is 0 Å². The van der Waals surface area contributed by atoms with Crippen LogP contribution >= 0.6 is 22.9 Å². The Hall–Kier alpha value is -0.580. The van der Waals surface area contributed by atoms with Crippen LogP contribution in [0.25, 0.3) is 0 Å². The highest BCUT2D eigenvalue weighted by Crippen LogP contribution is 2.25. The fourth-order valence-electron chi connectivity index (χ4n) is 2.02. The maximum absolute atomic E-state index is 11.7. The van der Waals surface area contributed by atoms with E-state index in [-0.39, 0.29) is 17.9 Å². The van der Waals surface area contributed by atoms with Crippen molar-refractivity contribution in [2.75, 3.05) is 6.54 Å². The summed E-state index contributed by atoms with van der Waals surface area (Å²) >= 11 is 7.19. The van der Waals surface area contributed by atoms with Crippen molar-refractivity contribution in [2.45, 2.75) is 25.4 Å². The number of carbonyl (C=O) groups excluding carboxylic acids is 1. The zero-order valence-electron chi connectivity index (χ0n) is 8.78. The van der Waals surface area contributed by atoms with Crippen LogP contribution in [-0.4, -0.2) is 23.7 Å². The summed E-state index contributed by atoms with van der Waals surface area (Å²) in [5, 5.41) is 14.7. The number of aliphatic hydroxyl groups excluding tert-OH is 1. The van der Waals surface area contributed by atoms with Crippen LogP contribution in [0.4, 0.5) is 0 Å². The summed E-state index contributed by atoms with van der Waals surface area (Å²) in [6, 6.07) is 1.71. The van der Waals surface area contributed by atoms with Crippen LogP contribution in [0.5, 0.6) is 0 Å². The molecule has 1 saturated carbocycles. The number of nitrogens with one attached hydrogen (secondary N) is 1. The molecule has 0 radical (unpaired) electrons. The minimum atomic E-state index is -0.265. The zero-order chi connectivity index (χ0) is 11.5. The standard InChI is InChI=1S/C11H14ClNO2S/c12-8-4-5-16-10(8)11(15)13-6-7-2-1-3-9(7)14/h4-5,7,9,14H,1-3,6H2,(H,13,15). The molecule has 5 heteroatoms. The zero-order valence-corrected chi connectivity index (χ0v) is 10.4. The summed E-state index contributed by atoms with van der Waals surface area (Å²) in [6.45, 7) is 0.536. The van der Waals surface area contributed by atoms with E-state index in [0.29, 0.717) is 16.4 Å². The second-order valence-corrected chi connectivity index (χ2v) is 5.39. The van der Waals surface area contributed by atoms with Gasteiger partial charge in [-0.25, -0.2) is 0 Å². The molecule has 1 heterocycles. The Kier molecular flexibility index (Phi) is 3.84. The Bertz CT molecular complexity index is 380. The third-order valence-corrected chi connectivity index (χ3v) is 4.31. The minimum Gasteiger partial charge on any atom is -0.393 e. The van der Waals surface area contributed by atoms with Crippen molar-refractivity contribution in [1.29, 1.82) is 0 Å². The van der Waals surface area contributed by atoms with E-state index < -0.39 is 0 Å². The molecule has 1 aliphatic rings. The summed E-state index contributed by atoms with van der Waals surface area (Å²) in [5.41, 5.74) is 0. The van der Waals surface area contributed by atoms with Crippen molar-refractivity contribution in [3.05, 3.63) is 21.3 Å². The topological polar surface area (TPSA) is 49.3 Å². The Morgan fingerprint density at radius 2 is 2.44 bits per heavy atom. The van der Waals surface area contributed by atoms with E-state index >= 15 is 0 Å². The second-order valence-electron chi connectivity index (χ2n) is 4.07. The van der Waals surface area contributed by atoms with E-state index in [0.717, 1.165) is 19.3 Å². The molecule has 0 bridgehead atoms. The molecule has 3 nitrogen and oxygen atoms in total. The highest BCUT2D eigenvalue weighted by Gasteiger charge is 2.25. The van der Waals surface area contributed by atoms with Crippen LogP contribution in [0.15, 0.2) is 11.4 Å². The number of carbonyl (C=O) groups is 1. The molecule has 1 fully saturated rings. The van der Waals surface area contributed by atoms with E-state index in [1.54, 1.807) is 11.4 Å². The fraction of sp³-hybridized carbons (Fsp3) is 0.545. The second kappa shape index (κ2) is 5.17. The highest BCUT2D eigenvalue weighted by molar-refractivity contribution is 7.12. The Balaban J connectivity index is 1.86. The van der Waals surface area contributed by atoms with Gasteiger partial charge >= 0.3 is 0 Å². The van der Waals surface area contributed by atoms with Crippen molar-refractivity contribution in [2.24, 2.45) is 5.92 Å². The van der Waals surface area contributed by atoms with Gasteiger partial charge in [-0.2, -0.15) is 0 Å². The molecular formula is C11H14ClNO2S. The van der Waals surface area contributed by atoms with Gasteiger partial charge < -0.3 is 10.4 Å². The largest absolute Gasteiger partial charge is 0.393 e. The molecule has 1 aromatic heterocycles. The highest BCUT2D eigenvalue weighted by atomic mass is 35.5. The molecule has 2 rings (SSSR count). The molecule has 2 unspecified atom stereocenters. The molecule has 16 heavy (non-hydrogen) atoms. The summed E-state index contributed by atoms with van der Waals surface area (Å²) in [6.07, 6.45) is 2.61. The molecule has 0 aliphatic heterocycles. The molecule has 1 aromatic rings. The number of hydrogen-bond acceptors (Lipinski definition) is 3. The van der Waals surface area contributed by atoms with Crippen molar-refractivity contribution < 1.29 is 9.90 Å². The van der Waals surface area contributed by atoms with Crippen molar-refractivity contribution in [3.63, 3.8) is 0 Å². The van der Waals surface area contributed by atoms with Crippen LogP contribution in [0.2, 0.25) is 5.02 Å². The molecule has 1 aliphatic carbocycles. The number of halogens is 1. The molecule has 2 atom stereocenters. The normalized spacial score (nSPS) is 24.6. The smallest absolute Gasteiger partial charge is 0.262 e. The van der Waals surface area contributed by atoms with E-state index in [9.17, 15) is 9.90 Å². The van der Waals surface area contributed by atoms with Gasteiger partial charge in [-0.1, -0.05) is 18.0 Å². The first-order valence-corrected chi connectivity index (χ1v) is 6.63. The van der Waals surface area contributed by atoms with Gasteiger partial charge in [0.15, 0.2) is 0 Å². The van der Waals surface area contributed by atoms with E-state index in [2.05, 4.69) is 5.32 Å². The lowest BCUT2D eigenvalue weighted by Gasteiger charge is -2.14. The average molecular weight is 260 g/mol. The fourth-order valence-corrected chi connectivity index (χ4v) is 3.07. The monoisotopic (exact) mass is 259 g/mol. The lowest BCUT2D eigenvalue weighted by atomic mass is 10.1. The Morgan fingerprint density at radius 3 is 3.00 bits per heavy atom. The first-order valence-electron chi connectivity index (χ1n) is 5.37. The van der Waals surface area contributed by atoms with Crippen LogP contribution in [0.1, 0.15) is 28.9 Å². The number of hydrogen-bond donors (Lipinski definition) is 2. The predicted molar refractivity (Wildman–Crippen MR) is 65.0 cm³/mol. The summed E-state index contributed by atoms with van der Waals surface area (Å²) in [4.78, 5) is 12.3. The summed E-state index contributed by atoms with van der Waals surface area (Å²) < 4.78 is 0. The molecule has 0 aromatic carbocycles. The van der Waals surface area contributed by atoms with Crippen molar-refractivity contribution in [1.82, 2.24) is 5.32 Å². The molecule has 2 N–H and O–H groups in total. The quantitative estimate of drug-likeness (QED) is 0.875. The van der Waals surface area contributed by atoms with Gasteiger partial charge in [0.1, 0.15) is 4.88 Å². The van der Waals surface area contributed by atoms with E-state index in [1.165, 1.54) is 11.3 Å². The maximum Gasteiger partial charge on any atom is 0.262 e. The summed E-state index contributed by atoms with van der Waals surface area (Å²) in [5.74, 6) is 0.0572. The Labute approximate surface area is 103 Å². The minimum absolute atomic E-state index is 0.140. The van der Waals surface area contributed by atoms with Crippen LogP contribution < -0.4 is 5.32 Å². The number of rotatable bonds is 3. The lowest BCUT2D eigenvalue weighted by Crippen LogP contribution is -2.32. The van der Waals surface area contributed by atoms with Gasteiger partial charge in [-0.05, 0) is 24.3 Å². The number of aliphatic hydroxyl groups is 1. The van der Waals surface area contributed by atoms with E-state index in [4.69, 9.17) is 11.6 Å². The third-order valence-electron chi connectivity index (χ3n) is 2.97. The van der Waals surface area contributed by atoms with Gasteiger partial charge in [0, 0.05) is 12.5 Å². The molecule has 1 amide bonds. The van der Waals surface area contributed by atoms with Gasteiger partial charge in [-0.15, -0.1) is 11.3 Å². The Morgan fingerprint density at radius 1 is 1.62 bits per heavy atom. The number of thiophene rings is 1.